The molecule has 0 radical (unpaired) electrons. The Morgan fingerprint density at radius 3 is 2.15 bits per heavy atom. The van der Waals surface area contributed by atoms with Crippen molar-refractivity contribution in [1.29, 1.82) is 0 Å². The van der Waals surface area contributed by atoms with Gasteiger partial charge in [0.1, 0.15) is 11.7 Å². The van der Waals surface area contributed by atoms with Gasteiger partial charge in [0.2, 0.25) is 0 Å². The molecule has 0 heterocycles. The number of benzene rings is 1. The van der Waals surface area contributed by atoms with E-state index >= 15 is 0 Å². The molecule has 260 valence electrons. The van der Waals surface area contributed by atoms with Gasteiger partial charge in [0.25, 0.3) is 0 Å². The Balaban J connectivity index is 1.62. The number of fused-ring (bicyclic) bond motifs is 1. The molecule has 0 aliphatic heterocycles. The van der Waals surface area contributed by atoms with Crippen molar-refractivity contribution >= 4 is 17.7 Å². The number of Topliss-reactive ketones (excluding diaryl/α,β-unsaturated/α-hetero) is 1. The smallest absolute Gasteiger partial charge is 0.338 e. The van der Waals surface area contributed by atoms with Gasteiger partial charge < -0.3 is 24.8 Å². The molecule has 5 unspecified atom stereocenters. The first kappa shape index (κ1) is 37.0. The summed E-state index contributed by atoms with van der Waals surface area (Å²) in [5.41, 5.74) is -5.38. The highest BCUT2D eigenvalue weighted by molar-refractivity contribution is 5.96. The van der Waals surface area contributed by atoms with E-state index in [-0.39, 0.29) is 35.7 Å². The molecule has 1 aromatic rings. The topological polar surface area (TPSA) is 130 Å². The molecule has 3 N–H and O–H groups in total. The highest BCUT2D eigenvalue weighted by Gasteiger charge is 2.74. The van der Waals surface area contributed by atoms with E-state index in [1.54, 1.807) is 43.3 Å². The Morgan fingerprint density at radius 2 is 1.55 bits per heavy atom. The van der Waals surface area contributed by atoms with Gasteiger partial charge in [-0.1, -0.05) is 109 Å². The number of carbonyl (C=O) groups excluding carboxylic acids is 3. The first-order chi connectivity index (χ1) is 22.2. The minimum absolute atomic E-state index is 0.0575. The molecule has 1 aromatic carbocycles. The number of carbonyl (C=O) groups is 3. The normalized spacial score (nSPS) is 32.8. The third kappa shape index (κ3) is 6.62. The lowest BCUT2D eigenvalue weighted by molar-refractivity contribution is -0.192. The van der Waals surface area contributed by atoms with Crippen LogP contribution in [-0.2, 0) is 19.1 Å². The lowest BCUT2D eigenvalue weighted by atomic mass is 9.59. The van der Waals surface area contributed by atoms with Crippen LogP contribution in [0.25, 0.3) is 0 Å². The highest BCUT2D eigenvalue weighted by atomic mass is 16.6. The molecule has 1 fully saturated rings. The zero-order chi connectivity index (χ0) is 34.6. The summed E-state index contributed by atoms with van der Waals surface area (Å²) < 4.78 is 12.3. The number of aliphatic hydroxyl groups is 3. The summed E-state index contributed by atoms with van der Waals surface area (Å²) in [6.45, 7) is 10.7. The van der Waals surface area contributed by atoms with E-state index in [1.165, 1.54) is 38.2 Å². The fourth-order valence-electron chi connectivity index (χ4n) is 8.45. The van der Waals surface area contributed by atoms with E-state index in [0.717, 1.165) is 25.7 Å². The van der Waals surface area contributed by atoms with Crippen LogP contribution in [0.5, 0.6) is 0 Å². The number of allylic oxidation sites excluding steroid dienone is 1. The third-order valence-corrected chi connectivity index (χ3v) is 11.6. The Labute approximate surface area is 280 Å². The van der Waals surface area contributed by atoms with Gasteiger partial charge in [0.15, 0.2) is 17.5 Å². The third-order valence-electron chi connectivity index (χ3n) is 11.6. The van der Waals surface area contributed by atoms with Gasteiger partial charge in [0, 0.05) is 17.8 Å². The van der Waals surface area contributed by atoms with Gasteiger partial charge >= 0.3 is 11.9 Å². The predicted molar refractivity (Wildman–Crippen MR) is 180 cm³/mol. The average molecular weight is 653 g/mol. The maximum absolute atomic E-state index is 14.9. The fraction of sp³-hybridized carbons (Fsp3) is 0.667. The second kappa shape index (κ2) is 14.8. The summed E-state index contributed by atoms with van der Waals surface area (Å²) >= 11 is 0. The van der Waals surface area contributed by atoms with Crippen molar-refractivity contribution < 1.29 is 39.2 Å². The minimum atomic E-state index is -2.32. The van der Waals surface area contributed by atoms with Crippen molar-refractivity contribution in [3.63, 3.8) is 0 Å². The lowest BCUT2D eigenvalue weighted by Crippen LogP contribution is -2.65. The van der Waals surface area contributed by atoms with Crippen molar-refractivity contribution in [2.75, 3.05) is 6.61 Å². The number of rotatable bonds is 14. The monoisotopic (exact) mass is 652 g/mol. The Hall–Kier alpha value is -2.81. The number of esters is 2. The van der Waals surface area contributed by atoms with Gasteiger partial charge in [-0.3, -0.25) is 9.59 Å². The Morgan fingerprint density at radius 1 is 0.957 bits per heavy atom. The van der Waals surface area contributed by atoms with Crippen molar-refractivity contribution in [2.45, 2.75) is 136 Å². The van der Waals surface area contributed by atoms with Crippen LogP contribution in [0.15, 0.2) is 53.6 Å². The van der Waals surface area contributed by atoms with Crippen molar-refractivity contribution in [3.8, 4) is 0 Å². The maximum atomic E-state index is 14.9. The summed E-state index contributed by atoms with van der Waals surface area (Å²) in [7, 11) is 0. The van der Waals surface area contributed by atoms with Gasteiger partial charge in [-0.05, 0) is 55.9 Å². The molecule has 1 saturated carbocycles. The summed E-state index contributed by atoms with van der Waals surface area (Å²) in [5.74, 6) is -2.98. The molecule has 47 heavy (non-hydrogen) atoms. The van der Waals surface area contributed by atoms with Crippen LogP contribution < -0.4 is 0 Å². The molecule has 8 heteroatoms. The number of hydrogen-bond acceptors (Lipinski definition) is 8. The molecule has 2 bridgehead atoms. The number of ketones is 1. The van der Waals surface area contributed by atoms with Crippen molar-refractivity contribution in [2.24, 2.45) is 22.7 Å². The van der Waals surface area contributed by atoms with E-state index in [2.05, 4.69) is 6.92 Å². The van der Waals surface area contributed by atoms with Crippen LogP contribution in [0.4, 0.5) is 0 Å². The molecule has 0 saturated heterocycles. The zero-order valence-electron chi connectivity index (χ0n) is 29.2. The molecule has 0 amide bonds. The second-order valence-corrected chi connectivity index (χ2v) is 15.0. The molecule has 7 atom stereocenters. The van der Waals surface area contributed by atoms with Crippen LogP contribution in [0.2, 0.25) is 0 Å². The quantitative estimate of drug-likeness (QED) is 0.116. The van der Waals surface area contributed by atoms with Crippen LogP contribution in [0.3, 0.4) is 0 Å². The molecule has 3 aliphatic carbocycles. The van der Waals surface area contributed by atoms with E-state index in [4.69, 9.17) is 9.47 Å². The zero-order valence-corrected chi connectivity index (χ0v) is 29.2. The molecule has 8 nitrogen and oxygen atoms in total. The molecular weight excluding hydrogens is 596 g/mol. The summed E-state index contributed by atoms with van der Waals surface area (Å²) in [5, 5.41) is 35.1. The van der Waals surface area contributed by atoms with Gasteiger partial charge in [-0.25, -0.2) is 4.79 Å². The number of aliphatic hydroxyl groups excluding tert-OH is 2. The summed E-state index contributed by atoms with van der Waals surface area (Å²) in [6.07, 6.45) is 10.8. The van der Waals surface area contributed by atoms with Gasteiger partial charge in [0.05, 0.1) is 17.6 Å². The Kier molecular flexibility index (Phi) is 11.6. The molecule has 4 rings (SSSR count). The molecule has 0 aromatic heterocycles. The van der Waals surface area contributed by atoms with E-state index in [1.807, 2.05) is 27.7 Å². The summed E-state index contributed by atoms with van der Waals surface area (Å²) in [4.78, 5) is 41.6. The first-order valence-electron chi connectivity index (χ1n) is 17.6. The molecule has 1 spiro atoms. The lowest BCUT2D eigenvalue weighted by Gasteiger charge is -2.49. The summed E-state index contributed by atoms with van der Waals surface area (Å²) in [6, 6.07) is 8.33. The van der Waals surface area contributed by atoms with Gasteiger partial charge in [-0.2, -0.15) is 0 Å². The van der Waals surface area contributed by atoms with Crippen molar-refractivity contribution in [3.05, 3.63) is 59.2 Å². The number of ether oxygens (including phenoxy) is 2. The standard InChI is InChI=1S/C39H56O8/c1-7-8-9-10-11-12-13-14-18-21-31(41)47-37(6)24-27(3)38-23-26(2)34(46-35(44)28-19-16-15-17-20-28)39(38,45)32(42)29(25-40)22-30(33(38)43)36(37,4)5/h15-17,19-20,22-23,27,30,32,34,40,42,45H,7-14,18,21,24-25H2,1-6H3/t27-,30?,32?,34?,37-,38?,39?/m1/s1. The predicted octanol–water partition coefficient (Wildman–Crippen LogP) is 6.66. The largest absolute Gasteiger partial charge is 0.459 e. The van der Waals surface area contributed by atoms with Gasteiger partial charge in [-0.15, -0.1) is 0 Å². The van der Waals surface area contributed by atoms with Crippen LogP contribution in [0, 0.1) is 22.7 Å². The average Bonchev–Trinajstić information content (AvgIpc) is 3.21. The number of hydrogen-bond donors (Lipinski definition) is 3. The first-order valence-corrected chi connectivity index (χ1v) is 17.6. The minimum Gasteiger partial charge on any atom is -0.459 e. The number of unbranched alkanes of at least 4 members (excludes halogenated alkanes) is 8. The van der Waals surface area contributed by atoms with E-state index < -0.39 is 58.7 Å². The van der Waals surface area contributed by atoms with Crippen molar-refractivity contribution in [1.82, 2.24) is 0 Å². The van der Waals surface area contributed by atoms with Crippen LogP contribution in [0.1, 0.15) is 123 Å². The highest BCUT2D eigenvalue weighted by Crippen LogP contribution is 2.64. The molecular formula is C39H56O8. The molecule has 3 aliphatic rings. The van der Waals surface area contributed by atoms with E-state index in [9.17, 15) is 29.7 Å². The van der Waals surface area contributed by atoms with Crippen LogP contribution >= 0.6 is 0 Å². The van der Waals surface area contributed by atoms with E-state index in [0.29, 0.717) is 5.57 Å². The second-order valence-electron chi connectivity index (χ2n) is 15.0. The SMILES string of the molecule is CCCCCCCCCCCC(=O)O[C@]1(C)C[C@@H](C)C23C=C(C)C(OC(=O)c4ccccc4)C2(O)C(O)C(CO)=CC(C3=O)C1(C)C. The maximum Gasteiger partial charge on any atom is 0.338 e. The van der Waals surface area contributed by atoms with Crippen LogP contribution in [-0.4, -0.2) is 63.1 Å². The Bertz CT molecular complexity index is 1350. The fourth-order valence-corrected chi connectivity index (χ4v) is 8.45.